The molecular weight excluding hydrogens is 288 g/mol. The zero-order chi connectivity index (χ0) is 15.5. The van der Waals surface area contributed by atoms with E-state index in [1.807, 2.05) is 24.5 Å². The first-order valence-electron chi connectivity index (χ1n) is 7.61. The van der Waals surface area contributed by atoms with Crippen molar-refractivity contribution in [3.05, 3.63) is 66.3 Å². The molecule has 0 aromatic carbocycles. The predicted molar refractivity (Wildman–Crippen MR) is 85.1 cm³/mol. The maximum atomic E-state index is 4.72. The third-order valence-corrected chi connectivity index (χ3v) is 3.96. The molecule has 23 heavy (non-hydrogen) atoms. The van der Waals surface area contributed by atoms with Gasteiger partial charge < -0.3 is 0 Å². The van der Waals surface area contributed by atoms with E-state index in [0.717, 1.165) is 43.0 Å². The molecule has 0 atom stereocenters. The molecule has 0 amide bonds. The Balaban J connectivity index is 1.56. The molecule has 0 bridgehead atoms. The number of rotatable bonds is 3. The van der Waals surface area contributed by atoms with Crippen LogP contribution in [0.1, 0.15) is 17.0 Å². The zero-order valence-electron chi connectivity index (χ0n) is 12.6. The lowest BCUT2D eigenvalue weighted by atomic mass is 10.1. The second kappa shape index (κ2) is 6.18. The first-order valence-corrected chi connectivity index (χ1v) is 7.61. The highest BCUT2D eigenvalue weighted by molar-refractivity contribution is 5.52. The van der Waals surface area contributed by atoms with Crippen molar-refractivity contribution < 1.29 is 0 Å². The van der Waals surface area contributed by atoms with E-state index in [1.54, 1.807) is 12.4 Å². The van der Waals surface area contributed by atoms with Crippen LogP contribution in [0.3, 0.4) is 0 Å². The van der Waals surface area contributed by atoms with Gasteiger partial charge in [-0.3, -0.25) is 9.88 Å². The number of pyridine rings is 1. The number of nitrogens with zero attached hydrogens (tertiary/aromatic N) is 6. The molecule has 4 heterocycles. The van der Waals surface area contributed by atoms with E-state index in [9.17, 15) is 0 Å². The van der Waals surface area contributed by atoms with Crippen LogP contribution >= 0.6 is 0 Å². The van der Waals surface area contributed by atoms with Gasteiger partial charge in [-0.05, 0) is 24.1 Å². The Kier molecular flexibility index (Phi) is 3.73. The third kappa shape index (κ3) is 3.07. The molecule has 0 unspecified atom stereocenters. The van der Waals surface area contributed by atoms with Crippen molar-refractivity contribution in [1.82, 2.24) is 29.8 Å². The number of fused-ring (bicyclic) bond motifs is 1. The smallest absolute Gasteiger partial charge is 0.162 e. The minimum atomic E-state index is 0.684. The van der Waals surface area contributed by atoms with Crippen molar-refractivity contribution in [2.75, 3.05) is 6.54 Å². The van der Waals surface area contributed by atoms with Gasteiger partial charge in [-0.25, -0.2) is 19.9 Å². The van der Waals surface area contributed by atoms with Gasteiger partial charge >= 0.3 is 0 Å². The fourth-order valence-electron chi connectivity index (χ4n) is 2.77. The molecule has 6 nitrogen and oxygen atoms in total. The van der Waals surface area contributed by atoms with Gasteiger partial charge in [0.15, 0.2) is 5.82 Å². The average molecular weight is 304 g/mol. The Labute approximate surface area is 134 Å². The van der Waals surface area contributed by atoms with E-state index < -0.39 is 0 Å². The normalized spacial score (nSPS) is 14.4. The van der Waals surface area contributed by atoms with Crippen molar-refractivity contribution in [2.24, 2.45) is 0 Å². The molecule has 114 valence electrons. The summed E-state index contributed by atoms with van der Waals surface area (Å²) < 4.78 is 0. The number of aromatic nitrogens is 5. The quantitative estimate of drug-likeness (QED) is 0.736. The summed E-state index contributed by atoms with van der Waals surface area (Å²) in [4.78, 5) is 24.0. The summed E-state index contributed by atoms with van der Waals surface area (Å²) in [5, 5.41) is 0. The van der Waals surface area contributed by atoms with Gasteiger partial charge in [0, 0.05) is 44.4 Å². The molecule has 3 aromatic rings. The van der Waals surface area contributed by atoms with E-state index in [2.05, 4.69) is 30.9 Å². The SMILES string of the molecule is c1ccc(CN2CCc3cnc(-c4cncnc4)nc3C2)nc1. The molecule has 0 spiro atoms. The summed E-state index contributed by atoms with van der Waals surface area (Å²) >= 11 is 0. The molecule has 0 N–H and O–H groups in total. The molecule has 1 aliphatic heterocycles. The van der Waals surface area contributed by atoms with E-state index in [1.165, 1.54) is 11.9 Å². The molecule has 6 heteroatoms. The van der Waals surface area contributed by atoms with Gasteiger partial charge in [-0.2, -0.15) is 0 Å². The minimum absolute atomic E-state index is 0.684. The van der Waals surface area contributed by atoms with Crippen LogP contribution in [-0.2, 0) is 19.5 Å². The average Bonchev–Trinajstić information content (AvgIpc) is 2.63. The van der Waals surface area contributed by atoms with E-state index in [-0.39, 0.29) is 0 Å². The van der Waals surface area contributed by atoms with Gasteiger partial charge in [0.1, 0.15) is 6.33 Å². The van der Waals surface area contributed by atoms with Crippen molar-refractivity contribution in [2.45, 2.75) is 19.5 Å². The molecule has 0 aliphatic carbocycles. The summed E-state index contributed by atoms with van der Waals surface area (Å²) in [5.74, 6) is 0.684. The van der Waals surface area contributed by atoms with E-state index in [4.69, 9.17) is 4.98 Å². The van der Waals surface area contributed by atoms with Crippen LogP contribution in [0.2, 0.25) is 0 Å². The van der Waals surface area contributed by atoms with Crippen LogP contribution < -0.4 is 0 Å². The molecule has 0 saturated carbocycles. The summed E-state index contributed by atoms with van der Waals surface area (Å²) in [6.45, 7) is 2.66. The van der Waals surface area contributed by atoms with Gasteiger partial charge in [0.05, 0.1) is 17.0 Å². The molecule has 0 fully saturated rings. The summed E-state index contributed by atoms with van der Waals surface area (Å²) in [5.41, 5.74) is 4.24. The second-order valence-electron chi connectivity index (χ2n) is 5.57. The van der Waals surface area contributed by atoms with Crippen LogP contribution in [0.15, 0.2) is 49.3 Å². The van der Waals surface area contributed by atoms with Gasteiger partial charge in [0.2, 0.25) is 0 Å². The van der Waals surface area contributed by atoms with Gasteiger partial charge in [-0.1, -0.05) is 6.07 Å². The molecule has 4 rings (SSSR count). The highest BCUT2D eigenvalue weighted by atomic mass is 15.1. The molecule has 0 saturated heterocycles. The fourth-order valence-corrected chi connectivity index (χ4v) is 2.77. The number of hydrogen-bond acceptors (Lipinski definition) is 6. The zero-order valence-corrected chi connectivity index (χ0v) is 12.6. The predicted octanol–water partition coefficient (Wildman–Crippen LogP) is 1.89. The minimum Gasteiger partial charge on any atom is -0.291 e. The largest absolute Gasteiger partial charge is 0.291 e. The first-order chi connectivity index (χ1) is 11.4. The topological polar surface area (TPSA) is 67.7 Å². The molecule has 1 aliphatic rings. The Morgan fingerprint density at radius 3 is 2.78 bits per heavy atom. The van der Waals surface area contributed by atoms with Crippen LogP contribution in [0, 0.1) is 0 Å². The lowest BCUT2D eigenvalue weighted by Gasteiger charge is -2.27. The van der Waals surface area contributed by atoms with Crippen LogP contribution in [-0.4, -0.2) is 36.4 Å². The van der Waals surface area contributed by atoms with Crippen molar-refractivity contribution in [1.29, 1.82) is 0 Å². The molecule has 3 aromatic heterocycles. The van der Waals surface area contributed by atoms with Gasteiger partial charge in [-0.15, -0.1) is 0 Å². The Morgan fingerprint density at radius 1 is 1.04 bits per heavy atom. The maximum Gasteiger partial charge on any atom is 0.162 e. The van der Waals surface area contributed by atoms with Crippen LogP contribution in [0.4, 0.5) is 0 Å². The van der Waals surface area contributed by atoms with Crippen LogP contribution in [0.25, 0.3) is 11.4 Å². The third-order valence-electron chi connectivity index (χ3n) is 3.96. The maximum absolute atomic E-state index is 4.72. The summed E-state index contributed by atoms with van der Waals surface area (Å²) in [6.07, 6.45) is 9.72. The summed E-state index contributed by atoms with van der Waals surface area (Å²) in [6, 6.07) is 6.02. The Hall–Kier alpha value is -2.73. The van der Waals surface area contributed by atoms with Crippen molar-refractivity contribution >= 4 is 0 Å². The molecular formula is C17H16N6. The monoisotopic (exact) mass is 304 g/mol. The van der Waals surface area contributed by atoms with E-state index >= 15 is 0 Å². The number of hydrogen-bond donors (Lipinski definition) is 0. The lowest BCUT2D eigenvalue weighted by molar-refractivity contribution is 0.238. The van der Waals surface area contributed by atoms with Crippen molar-refractivity contribution in [3.63, 3.8) is 0 Å². The van der Waals surface area contributed by atoms with Crippen molar-refractivity contribution in [3.8, 4) is 11.4 Å². The second-order valence-corrected chi connectivity index (χ2v) is 5.57. The Bertz CT molecular complexity index is 791. The van der Waals surface area contributed by atoms with E-state index in [0.29, 0.717) is 5.82 Å². The highest BCUT2D eigenvalue weighted by Crippen LogP contribution is 2.21. The molecule has 0 radical (unpaired) electrons. The fraction of sp³-hybridized carbons (Fsp3) is 0.235. The van der Waals surface area contributed by atoms with Crippen LogP contribution in [0.5, 0.6) is 0 Å². The highest BCUT2D eigenvalue weighted by Gasteiger charge is 2.19. The lowest BCUT2D eigenvalue weighted by Crippen LogP contribution is -2.31. The summed E-state index contributed by atoms with van der Waals surface area (Å²) in [7, 11) is 0. The van der Waals surface area contributed by atoms with Gasteiger partial charge in [0.25, 0.3) is 0 Å². The standard InChI is InChI=1S/C17H16N6/c1-2-5-20-15(3-1)10-23-6-4-13-9-21-17(22-16(13)11-23)14-7-18-12-19-8-14/h1-3,5,7-9,12H,4,6,10-11H2. The Morgan fingerprint density at radius 2 is 1.96 bits per heavy atom. The first kappa shape index (κ1) is 13.9.